The zero-order valence-corrected chi connectivity index (χ0v) is 16.6. The number of hydrogen-bond acceptors (Lipinski definition) is 3. The van der Waals surface area contributed by atoms with Crippen LogP contribution in [0.5, 0.6) is 0 Å². The van der Waals surface area contributed by atoms with Crippen LogP contribution in [0.3, 0.4) is 0 Å². The fourth-order valence-corrected chi connectivity index (χ4v) is 4.44. The summed E-state index contributed by atoms with van der Waals surface area (Å²) in [6.45, 7) is 2.95. The van der Waals surface area contributed by atoms with Crippen LogP contribution >= 0.6 is 0 Å². The molecule has 2 aromatic rings. The third-order valence-corrected chi connectivity index (χ3v) is 6.40. The second-order valence-electron chi connectivity index (χ2n) is 8.44. The minimum absolute atomic E-state index is 0.0230. The lowest BCUT2D eigenvalue weighted by Gasteiger charge is -2.33. The Labute approximate surface area is 166 Å². The van der Waals surface area contributed by atoms with Crippen molar-refractivity contribution in [3.8, 4) is 6.07 Å². The van der Waals surface area contributed by atoms with Crippen molar-refractivity contribution < 1.29 is 4.79 Å². The van der Waals surface area contributed by atoms with Gasteiger partial charge in [0, 0.05) is 23.5 Å². The number of aromatic nitrogens is 1. The van der Waals surface area contributed by atoms with Crippen molar-refractivity contribution in [1.82, 2.24) is 15.6 Å². The summed E-state index contributed by atoms with van der Waals surface area (Å²) in [7, 11) is 0. The number of fused-ring (bicyclic) bond motifs is 1. The monoisotopic (exact) mass is 378 g/mol. The van der Waals surface area contributed by atoms with Gasteiger partial charge < -0.3 is 15.6 Å². The molecule has 1 aromatic heterocycles. The maximum Gasteiger partial charge on any atom is 0.267 e. The molecule has 1 aromatic carbocycles. The van der Waals surface area contributed by atoms with Crippen molar-refractivity contribution in [2.45, 2.75) is 64.0 Å². The number of nitriles is 1. The Morgan fingerprint density at radius 2 is 2.07 bits per heavy atom. The van der Waals surface area contributed by atoms with E-state index < -0.39 is 0 Å². The summed E-state index contributed by atoms with van der Waals surface area (Å²) in [6.07, 6.45) is 7.78. The molecule has 2 aliphatic carbocycles. The number of carbonyl (C=O) groups is 1. The summed E-state index contributed by atoms with van der Waals surface area (Å²) in [4.78, 5) is 16.1. The molecule has 2 fully saturated rings. The van der Waals surface area contributed by atoms with Gasteiger partial charge in [0.1, 0.15) is 5.69 Å². The number of benzene rings is 1. The summed E-state index contributed by atoms with van der Waals surface area (Å²) in [5.74, 6) is 0.898. The SMILES string of the molecule is CCc1ccc2[nH]c(C(=O)N[C@H]3CCCC[C@@H]3CNC(C#N)C3CC3)cc2c1. The van der Waals surface area contributed by atoms with Gasteiger partial charge in [0.05, 0.1) is 12.1 Å². The molecule has 5 heteroatoms. The lowest BCUT2D eigenvalue weighted by Crippen LogP contribution is -2.47. The van der Waals surface area contributed by atoms with E-state index in [9.17, 15) is 10.1 Å². The third kappa shape index (κ3) is 4.23. The van der Waals surface area contributed by atoms with Crippen LogP contribution < -0.4 is 10.6 Å². The molecule has 0 bridgehead atoms. The molecule has 0 aliphatic heterocycles. The number of rotatable bonds is 7. The predicted octanol–water partition coefficient (Wildman–Crippen LogP) is 3.91. The van der Waals surface area contributed by atoms with E-state index in [1.807, 2.05) is 6.07 Å². The quantitative estimate of drug-likeness (QED) is 0.683. The maximum atomic E-state index is 12.9. The van der Waals surface area contributed by atoms with Gasteiger partial charge in [0.15, 0.2) is 0 Å². The molecule has 1 heterocycles. The van der Waals surface area contributed by atoms with Gasteiger partial charge in [-0.3, -0.25) is 4.79 Å². The molecule has 28 heavy (non-hydrogen) atoms. The van der Waals surface area contributed by atoms with E-state index in [-0.39, 0.29) is 18.0 Å². The number of H-pyrrole nitrogens is 1. The van der Waals surface area contributed by atoms with Gasteiger partial charge in [-0.05, 0) is 67.7 Å². The van der Waals surface area contributed by atoms with Gasteiger partial charge in [0.25, 0.3) is 5.91 Å². The summed E-state index contributed by atoms with van der Waals surface area (Å²) >= 11 is 0. The molecule has 3 atom stereocenters. The molecule has 1 amide bonds. The zero-order chi connectivity index (χ0) is 19.5. The summed E-state index contributed by atoms with van der Waals surface area (Å²) in [5.41, 5.74) is 2.92. The Morgan fingerprint density at radius 3 is 2.82 bits per heavy atom. The average molecular weight is 379 g/mol. The number of nitrogens with one attached hydrogen (secondary N) is 3. The van der Waals surface area contributed by atoms with E-state index in [0.29, 0.717) is 17.5 Å². The highest BCUT2D eigenvalue weighted by atomic mass is 16.1. The Kier molecular flexibility index (Phi) is 5.68. The van der Waals surface area contributed by atoms with Crippen molar-refractivity contribution in [3.63, 3.8) is 0 Å². The molecule has 4 rings (SSSR count). The molecule has 2 saturated carbocycles. The highest BCUT2D eigenvalue weighted by Gasteiger charge is 2.33. The molecule has 0 saturated heterocycles. The minimum atomic E-state index is -0.0280. The van der Waals surface area contributed by atoms with Crippen LogP contribution in [0.15, 0.2) is 24.3 Å². The van der Waals surface area contributed by atoms with Crippen LogP contribution in [0, 0.1) is 23.2 Å². The lowest BCUT2D eigenvalue weighted by molar-refractivity contribution is 0.0900. The van der Waals surface area contributed by atoms with Crippen LogP contribution in [-0.2, 0) is 6.42 Å². The Balaban J connectivity index is 1.40. The van der Waals surface area contributed by atoms with Gasteiger partial charge in [-0.1, -0.05) is 25.8 Å². The standard InChI is InChI=1S/C23H30N4O/c1-2-15-7-10-20-18(11-15)12-21(26-20)23(28)27-19-6-4-3-5-17(19)14-25-22(13-24)16-8-9-16/h7,10-12,16-17,19,22,25-26H,2-6,8-9,14H2,1H3,(H,27,28)/t17-,19+,22?/m1/s1. The van der Waals surface area contributed by atoms with Crippen LogP contribution in [0.4, 0.5) is 0 Å². The Bertz CT molecular complexity index is 876. The van der Waals surface area contributed by atoms with E-state index in [1.165, 1.54) is 12.0 Å². The Hall–Kier alpha value is -2.32. The lowest BCUT2D eigenvalue weighted by atomic mass is 9.84. The first kappa shape index (κ1) is 19.0. The van der Waals surface area contributed by atoms with E-state index in [2.05, 4.69) is 46.8 Å². The maximum absolute atomic E-state index is 12.9. The second-order valence-corrected chi connectivity index (χ2v) is 8.44. The highest BCUT2D eigenvalue weighted by molar-refractivity contribution is 5.98. The molecular formula is C23H30N4O. The predicted molar refractivity (Wildman–Crippen MR) is 111 cm³/mol. The number of aryl methyl sites for hydroxylation is 1. The van der Waals surface area contributed by atoms with Crippen molar-refractivity contribution in [1.29, 1.82) is 5.26 Å². The van der Waals surface area contributed by atoms with Gasteiger partial charge in [-0.15, -0.1) is 0 Å². The molecular weight excluding hydrogens is 348 g/mol. The number of aromatic amines is 1. The first-order chi connectivity index (χ1) is 13.7. The zero-order valence-electron chi connectivity index (χ0n) is 16.6. The fourth-order valence-electron chi connectivity index (χ4n) is 4.44. The van der Waals surface area contributed by atoms with Crippen LogP contribution in [-0.4, -0.2) is 29.5 Å². The summed E-state index contributed by atoms with van der Waals surface area (Å²) in [6, 6.07) is 10.8. The molecule has 148 valence electrons. The molecule has 1 unspecified atom stereocenters. The topological polar surface area (TPSA) is 80.7 Å². The molecule has 2 aliphatic rings. The fraction of sp³-hybridized carbons (Fsp3) is 0.565. The van der Waals surface area contributed by atoms with E-state index in [1.54, 1.807) is 0 Å². The Morgan fingerprint density at radius 1 is 1.25 bits per heavy atom. The number of hydrogen-bond donors (Lipinski definition) is 3. The number of carbonyl (C=O) groups excluding carboxylic acids is 1. The normalized spacial score (nSPS) is 23.3. The molecule has 5 nitrogen and oxygen atoms in total. The van der Waals surface area contributed by atoms with E-state index in [0.717, 1.165) is 56.0 Å². The number of nitrogens with zero attached hydrogens (tertiary/aromatic N) is 1. The van der Waals surface area contributed by atoms with Gasteiger partial charge in [-0.2, -0.15) is 5.26 Å². The van der Waals surface area contributed by atoms with Crippen LogP contribution in [0.1, 0.15) is 61.5 Å². The van der Waals surface area contributed by atoms with E-state index in [4.69, 9.17) is 0 Å². The van der Waals surface area contributed by atoms with Gasteiger partial charge in [0.2, 0.25) is 0 Å². The van der Waals surface area contributed by atoms with Gasteiger partial charge in [-0.25, -0.2) is 0 Å². The van der Waals surface area contributed by atoms with Crippen molar-refractivity contribution in [2.24, 2.45) is 11.8 Å². The molecule has 3 N–H and O–H groups in total. The first-order valence-corrected chi connectivity index (χ1v) is 10.7. The molecule has 0 spiro atoms. The molecule has 0 radical (unpaired) electrons. The smallest absolute Gasteiger partial charge is 0.267 e. The largest absolute Gasteiger partial charge is 0.351 e. The highest BCUT2D eigenvalue weighted by Crippen LogP contribution is 2.33. The van der Waals surface area contributed by atoms with Crippen LogP contribution in [0.25, 0.3) is 10.9 Å². The van der Waals surface area contributed by atoms with Crippen molar-refractivity contribution in [2.75, 3.05) is 6.54 Å². The van der Waals surface area contributed by atoms with Crippen LogP contribution in [0.2, 0.25) is 0 Å². The number of amides is 1. The van der Waals surface area contributed by atoms with Crippen molar-refractivity contribution in [3.05, 3.63) is 35.5 Å². The third-order valence-electron chi connectivity index (χ3n) is 6.40. The average Bonchev–Trinajstić information content (AvgIpc) is 3.46. The second kappa shape index (κ2) is 8.36. The van der Waals surface area contributed by atoms with E-state index >= 15 is 0 Å². The summed E-state index contributed by atoms with van der Waals surface area (Å²) < 4.78 is 0. The van der Waals surface area contributed by atoms with Crippen molar-refractivity contribution >= 4 is 16.8 Å². The summed E-state index contributed by atoms with van der Waals surface area (Å²) in [5, 5.41) is 17.2. The van der Waals surface area contributed by atoms with Gasteiger partial charge >= 0.3 is 0 Å². The minimum Gasteiger partial charge on any atom is -0.351 e. The first-order valence-electron chi connectivity index (χ1n) is 10.7.